The third-order valence-corrected chi connectivity index (χ3v) is 2.49. The van der Waals surface area contributed by atoms with Crippen LogP contribution in [0.4, 0.5) is 0 Å². The van der Waals surface area contributed by atoms with Gasteiger partial charge >= 0.3 is 5.97 Å². The summed E-state index contributed by atoms with van der Waals surface area (Å²) in [7, 11) is 4.46. The van der Waals surface area contributed by atoms with Gasteiger partial charge in [0.05, 0.1) is 26.9 Å². The van der Waals surface area contributed by atoms with Crippen molar-refractivity contribution in [2.75, 3.05) is 21.3 Å². The predicted octanol–water partition coefficient (Wildman–Crippen LogP) is 2.20. The van der Waals surface area contributed by atoms with Crippen molar-refractivity contribution in [1.82, 2.24) is 0 Å². The van der Waals surface area contributed by atoms with E-state index in [0.29, 0.717) is 22.8 Å². The Kier molecular flexibility index (Phi) is 4.59. The van der Waals surface area contributed by atoms with E-state index in [2.05, 4.69) is 0 Å². The summed E-state index contributed by atoms with van der Waals surface area (Å²) in [5.74, 6) is 0.274. The molecule has 0 aliphatic rings. The Bertz CT molecular complexity index is 451. The normalized spacial score (nSPS) is 11.0. The summed E-state index contributed by atoms with van der Waals surface area (Å²) < 4.78 is 15.5. The fourth-order valence-electron chi connectivity index (χ4n) is 1.65. The highest BCUT2D eigenvalue weighted by atomic mass is 16.5. The average molecular weight is 252 g/mol. The topological polar surface area (TPSA) is 65.0 Å². The number of aliphatic carboxylic acids is 1. The molecule has 5 nitrogen and oxygen atoms in total. The van der Waals surface area contributed by atoms with Crippen molar-refractivity contribution in [1.29, 1.82) is 0 Å². The maximum atomic E-state index is 11.1. The molecule has 1 aromatic rings. The van der Waals surface area contributed by atoms with Gasteiger partial charge in [0, 0.05) is 0 Å². The van der Waals surface area contributed by atoms with E-state index >= 15 is 0 Å². The third kappa shape index (κ3) is 2.56. The molecule has 0 heterocycles. The molecule has 5 heteroatoms. The van der Waals surface area contributed by atoms with E-state index in [0.717, 1.165) is 0 Å². The van der Waals surface area contributed by atoms with Crippen molar-refractivity contribution in [3.63, 3.8) is 0 Å². The largest absolute Gasteiger partial charge is 0.493 e. The third-order valence-electron chi connectivity index (χ3n) is 2.49. The number of ether oxygens (including phenoxy) is 3. The zero-order valence-electron chi connectivity index (χ0n) is 10.8. The van der Waals surface area contributed by atoms with Gasteiger partial charge in [-0.1, -0.05) is 6.08 Å². The van der Waals surface area contributed by atoms with Crippen LogP contribution in [0.15, 0.2) is 18.2 Å². The zero-order valence-corrected chi connectivity index (χ0v) is 10.8. The molecule has 98 valence electrons. The fourth-order valence-corrected chi connectivity index (χ4v) is 1.65. The highest BCUT2D eigenvalue weighted by Crippen LogP contribution is 2.39. The Morgan fingerprint density at radius 1 is 1.11 bits per heavy atom. The molecule has 1 rings (SSSR count). The van der Waals surface area contributed by atoms with Crippen LogP contribution in [-0.2, 0) is 4.79 Å². The van der Waals surface area contributed by atoms with Crippen molar-refractivity contribution in [2.45, 2.75) is 6.92 Å². The molecule has 0 bridgehead atoms. The van der Waals surface area contributed by atoms with Crippen molar-refractivity contribution >= 4 is 11.5 Å². The van der Waals surface area contributed by atoms with E-state index in [1.807, 2.05) is 0 Å². The van der Waals surface area contributed by atoms with Gasteiger partial charge in [-0.2, -0.15) is 0 Å². The Hall–Kier alpha value is -2.17. The van der Waals surface area contributed by atoms with E-state index in [1.165, 1.54) is 27.4 Å². The van der Waals surface area contributed by atoms with Gasteiger partial charge < -0.3 is 19.3 Å². The first-order valence-electron chi connectivity index (χ1n) is 5.29. The molecule has 1 aromatic carbocycles. The molecule has 1 N–H and O–H groups in total. The van der Waals surface area contributed by atoms with Gasteiger partial charge in [-0.15, -0.1) is 0 Å². The molecule has 0 aliphatic heterocycles. The fraction of sp³-hybridized carbons (Fsp3) is 0.308. The van der Waals surface area contributed by atoms with Gasteiger partial charge in [0.15, 0.2) is 11.5 Å². The van der Waals surface area contributed by atoms with Crippen molar-refractivity contribution in [2.24, 2.45) is 0 Å². The molecule has 0 fully saturated rings. The van der Waals surface area contributed by atoms with Crippen LogP contribution in [0.3, 0.4) is 0 Å². The van der Waals surface area contributed by atoms with E-state index in [4.69, 9.17) is 19.3 Å². The van der Waals surface area contributed by atoms with E-state index < -0.39 is 5.97 Å². The summed E-state index contributed by atoms with van der Waals surface area (Å²) in [5.41, 5.74) is 0.675. The summed E-state index contributed by atoms with van der Waals surface area (Å²) in [5, 5.41) is 9.10. The summed E-state index contributed by atoms with van der Waals surface area (Å²) >= 11 is 0. The maximum absolute atomic E-state index is 11.1. The highest BCUT2D eigenvalue weighted by molar-refractivity contribution is 6.15. The van der Waals surface area contributed by atoms with Crippen LogP contribution in [0.25, 0.3) is 5.57 Å². The number of hydrogen-bond acceptors (Lipinski definition) is 4. The molecule has 0 saturated carbocycles. The number of rotatable bonds is 5. The lowest BCUT2D eigenvalue weighted by Gasteiger charge is -2.14. The van der Waals surface area contributed by atoms with Gasteiger partial charge in [-0.25, -0.2) is 4.79 Å². The predicted molar refractivity (Wildman–Crippen MR) is 67.4 cm³/mol. The van der Waals surface area contributed by atoms with Gasteiger partial charge in [0.2, 0.25) is 5.75 Å². The lowest BCUT2D eigenvalue weighted by atomic mass is 10.0. The van der Waals surface area contributed by atoms with Gasteiger partial charge in [-0.05, 0) is 24.6 Å². The molecule has 18 heavy (non-hydrogen) atoms. The van der Waals surface area contributed by atoms with Crippen LogP contribution in [0.1, 0.15) is 12.5 Å². The van der Waals surface area contributed by atoms with Crippen LogP contribution in [0.5, 0.6) is 17.2 Å². The first-order chi connectivity index (χ1) is 8.58. The van der Waals surface area contributed by atoms with Crippen molar-refractivity contribution in [3.8, 4) is 17.2 Å². The van der Waals surface area contributed by atoms with Gasteiger partial charge in [0.25, 0.3) is 0 Å². The second kappa shape index (κ2) is 5.95. The number of carbonyl (C=O) groups is 1. The zero-order chi connectivity index (χ0) is 13.7. The van der Waals surface area contributed by atoms with Crippen LogP contribution in [0, 0.1) is 0 Å². The van der Waals surface area contributed by atoms with Gasteiger partial charge in [0.1, 0.15) is 0 Å². The number of benzene rings is 1. The Balaban J connectivity index is 3.44. The smallest absolute Gasteiger partial charge is 0.335 e. The molecule has 0 spiro atoms. The summed E-state index contributed by atoms with van der Waals surface area (Å²) in [6.07, 6.45) is 1.52. The minimum atomic E-state index is -1.01. The number of allylic oxidation sites excluding steroid dienone is 1. The highest BCUT2D eigenvalue weighted by Gasteiger charge is 2.17. The molecule has 0 amide bonds. The number of methoxy groups -OCH3 is 3. The van der Waals surface area contributed by atoms with Crippen LogP contribution in [-0.4, -0.2) is 32.4 Å². The second-order valence-corrected chi connectivity index (χ2v) is 3.42. The second-order valence-electron chi connectivity index (χ2n) is 3.42. The van der Waals surface area contributed by atoms with E-state index in [9.17, 15) is 4.79 Å². The van der Waals surface area contributed by atoms with Gasteiger partial charge in [-0.3, -0.25) is 0 Å². The standard InChI is InChI=1S/C13H16O5/c1-5-9(13(14)15)8-6-10(16-2)12(18-4)11(7-8)17-3/h5-7H,1-4H3,(H,14,15)/b9-5-. The first kappa shape index (κ1) is 13.9. The van der Waals surface area contributed by atoms with Crippen LogP contribution in [0.2, 0.25) is 0 Å². The molecular weight excluding hydrogens is 236 g/mol. The SMILES string of the molecule is C/C=C(\C(=O)O)c1cc(OC)c(OC)c(OC)c1. The van der Waals surface area contributed by atoms with Crippen molar-refractivity contribution in [3.05, 3.63) is 23.8 Å². The summed E-state index contributed by atoms with van der Waals surface area (Å²) in [6.45, 7) is 1.66. The average Bonchev–Trinajstić information content (AvgIpc) is 2.37. The van der Waals surface area contributed by atoms with Crippen molar-refractivity contribution < 1.29 is 24.1 Å². The monoisotopic (exact) mass is 252 g/mol. The molecule has 0 saturated heterocycles. The number of carboxylic acid groups (broad SMARTS) is 1. The lowest BCUT2D eigenvalue weighted by Crippen LogP contribution is -2.02. The van der Waals surface area contributed by atoms with E-state index in [-0.39, 0.29) is 5.57 Å². The molecular formula is C13H16O5. The molecule has 0 aromatic heterocycles. The summed E-state index contributed by atoms with van der Waals surface area (Å²) in [6, 6.07) is 3.20. The number of carboxylic acids is 1. The molecule has 0 atom stereocenters. The molecule has 0 radical (unpaired) electrons. The number of hydrogen-bond donors (Lipinski definition) is 1. The Labute approximate surface area is 106 Å². The molecule has 0 aliphatic carbocycles. The lowest BCUT2D eigenvalue weighted by molar-refractivity contribution is -0.130. The van der Waals surface area contributed by atoms with Crippen LogP contribution >= 0.6 is 0 Å². The minimum absolute atomic E-state index is 0.175. The molecule has 0 unspecified atom stereocenters. The maximum Gasteiger partial charge on any atom is 0.335 e. The van der Waals surface area contributed by atoms with E-state index in [1.54, 1.807) is 19.1 Å². The Morgan fingerprint density at radius 2 is 1.61 bits per heavy atom. The quantitative estimate of drug-likeness (QED) is 0.814. The summed E-state index contributed by atoms with van der Waals surface area (Å²) in [4.78, 5) is 11.1. The first-order valence-corrected chi connectivity index (χ1v) is 5.29. The minimum Gasteiger partial charge on any atom is -0.493 e. The van der Waals surface area contributed by atoms with Crippen LogP contribution < -0.4 is 14.2 Å². The Morgan fingerprint density at radius 3 is 1.89 bits per heavy atom.